The van der Waals surface area contributed by atoms with Crippen molar-refractivity contribution < 1.29 is 9.53 Å². The third-order valence-corrected chi connectivity index (χ3v) is 6.09. The molecule has 4 aliphatic rings. The Morgan fingerprint density at radius 1 is 1.22 bits per heavy atom. The molecule has 2 bridgehead atoms. The number of hydrogen-bond acceptors (Lipinski definition) is 5. The van der Waals surface area contributed by atoms with E-state index >= 15 is 0 Å². The van der Waals surface area contributed by atoms with Gasteiger partial charge in [-0.15, -0.1) is 0 Å². The number of carbonyl (C=O) groups excluding carboxylic acids is 1. The van der Waals surface area contributed by atoms with Gasteiger partial charge in [-0.05, 0) is 38.2 Å². The van der Waals surface area contributed by atoms with Crippen LogP contribution in [-0.4, -0.2) is 35.6 Å². The summed E-state index contributed by atoms with van der Waals surface area (Å²) in [6.45, 7) is 0. The molecule has 4 saturated carbocycles. The van der Waals surface area contributed by atoms with E-state index in [4.69, 9.17) is 4.74 Å². The molecule has 4 fully saturated rings. The molecule has 1 amide bonds. The summed E-state index contributed by atoms with van der Waals surface area (Å²) < 4.78 is 5.56. The Labute approximate surface area is 158 Å². The molecule has 0 radical (unpaired) electrons. The van der Waals surface area contributed by atoms with Crippen LogP contribution in [0, 0.1) is 23.2 Å². The first-order valence-electron chi connectivity index (χ1n) is 9.41. The Morgan fingerprint density at radius 3 is 2.67 bits per heavy atom. The number of hydrogen-bond donors (Lipinski definition) is 2. The molecular formula is C21H22N4O2. The zero-order valence-corrected chi connectivity index (χ0v) is 15.6. The number of anilines is 2. The van der Waals surface area contributed by atoms with Crippen molar-refractivity contribution in [1.82, 2.24) is 9.97 Å². The molecule has 0 saturated heterocycles. The average molecular weight is 362 g/mol. The summed E-state index contributed by atoms with van der Waals surface area (Å²) in [6.07, 6.45) is 8.55. The normalized spacial score (nSPS) is 27.8. The van der Waals surface area contributed by atoms with Crippen molar-refractivity contribution in [3.05, 3.63) is 24.0 Å². The van der Waals surface area contributed by atoms with E-state index in [2.05, 4.69) is 32.4 Å². The largest absolute Gasteiger partial charge is 0.378 e. The minimum Gasteiger partial charge on any atom is -0.378 e. The number of pyridine rings is 2. The summed E-state index contributed by atoms with van der Waals surface area (Å²) in [4.78, 5) is 20.9. The van der Waals surface area contributed by atoms with Gasteiger partial charge in [-0.25, -0.2) is 9.97 Å². The highest BCUT2D eigenvalue weighted by atomic mass is 16.5. The number of nitrogens with zero attached hydrogens (tertiary/aromatic N) is 2. The lowest BCUT2D eigenvalue weighted by atomic mass is 9.41. The van der Waals surface area contributed by atoms with E-state index in [9.17, 15) is 4.79 Å². The van der Waals surface area contributed by atoms with Crippen LogP contribution in [0.5, 0.6) is 0 Å². The van der Waals surface area contributed by atoms with Crippen LogP contribution in [0.15, 0.2) is 18.5 Å². The SMILES string of the molecule is CNc1ncc(C#CC23CC(OC)(C2)C3)c2cc(NC(=O)C3CC3)ncc12. The molecule has 6 rings (SSSR count). The van der Waals surface area contributed by atoms with Crippen molar-refractivity contribution in [3.8, 4) is 11.8 Å². The predicted octanol–water partition coefficient (Wildman–Crippen LogP) is 2.94. The smallest absolute Gasteiger partial charge is 0.228 e. The lowest BCUT2D eigenvalue weighted by Gasteiger charge is -2.67. The van der Waals surface area contributed by atoms with Crippen LogP contribution in [0.4, 0.5) is 11.6 Å². The second-order valence-corrected chi connectivity index (χ2v) is 8.10. The Balaban J connectivity index is 1.49. The lowest BCUT2D eigenvalue weighted by Crippen LogP contribution is -2.67. The number of rotatable bonds is 4. The van der Waals surface area contributed by atoms with E-state index in [1.165, 1.54) is 0 Å². The van der Waals surface area contributed by atoms with Crippen molar-refractivity contribution in [2.45, 2.75) is 37.7 Å². The van der Waals surface area contributed by atoms with E-state index in [1.54, 1.807) is 19.5 Å². The van der Waals surface area contributed by atoms with E-state index in [-0.39, 0.29) is 22.8 Å². The molecule has 2 heterocycles. The number of methoxy groups -OCH3 is 1. The minimum absolute atomic E-state index is 0.0520. The monoisotopic (exact) mass is 362 g/mol. The van der Waals surface area contributed by atoms with Gasteiger partial charge in [-0.2, -0.15) is 0 Å². The number of fused-ring (bicyclic) bond motifs is 1. The minimum atomic E-state index is 0.0520. The third kappa shape index (κ3) is 2.65. The summed E-state index contributed by atoms with van der Waals surface area (Å²) in [5.41, 5.74) is 1.07. The molecule has 0 atom stereocenters. The predicted molar refractivity (Wildman–Crippen MR) is 103 cm³/mol. The number of aromatic nitrogens is 2. The first kappa shape index (κ1) is 16.5. The van der Waals surface area contributed by atoms with Crippen LogP contribution in [0.2, 0.25) is 0 Å². The fourth-order valence-electron chi connectivity index (χ4n) is 4.32. The van der Waals surface area contributed by atoms with Gasteiger partial charge in [0.2, 0.25) is 5.91 Å². The molecule has 0 aliphatic heterocycles. The van der Waals surface area contributed by atoms with Crippen molar-refractivity contribution in [3.63, 3.8) is 0 Å². The van der Waals surface area contributed by atoms with Gasteiger partial charge < -0.3 is 15.4 Å². The van der Waals surface area contributed by atoms with Gasteiger partial charge >= 0.3 is 0 Å². The quantitative estimate of drug-likeness (QED) is 0.818. The van der Waals surface area contributed by atoms with Gasteiger partial charge in [-0.1, -0.05) is 11.8 Å². The molecule has 2 aromatic rings. The number of nitrogens with one attached hydrogen (secondary N) is 2. The molecule has 2 N–H and O–H groups in total. The fourth-order valence-corrected chi connectivity index (χ4v) is 4.32. The second-order valence-electron chi connectivity index (χ2n) is 8.10. The van der Waals surface area contributed by atoms with Crippen LogP contribution >= 0.6 is 0 Å². The maximum absolute atomic E-state index is 12.1. The lowest BCUT2D eigenvalue weighted by molar-refractivity contribution is -0.246. The molecule has 27 heavy (non-hydrogen) atoms. The van der Waals surface area contributed by atoms with Gasteiger partial charge in [0.25, 0.3) is 0 Å². The van der Waals surface area contributed by atoms with Gasteiger partial charge in [0.1, 0.15) is 11.6 Å². The second kappa shape index (κ2) is 5.67. The van der Waals surface area contributed by atoms with Gasteiger partial charge in [0, 0.05) is 48.7 Å². The van der Waals surface area contributed by atoms with E-state index in [0.29, 0.717) is 5.82 Å². The molecule has 138 valence electrons. The fraction of sp³-hybridized carbons (Fsp3) is 0.476. The summed E-state index contributed by atoms with van der Waals surface area (Å²) in [5, 5.41) is 7.87. The summed E-state index contributed by atoms with van der Waals surface area (Å²) in [6, 6.07) is 1.90. The standard InChI is InChI=1S/C21H22N4O2/c1-22-18-16-9-23-17(25-19(26)13-3-4-13)7-15(16)14(8-24-18)5-6-20-10-21(11-20,12-20)27-2/h7-9,13H,3-4,10-12H2,1-2H3,(H,22,24)(H,23,25,26). The van der Waals surface area contributed by atoms with Crippen molar-refractivity contribution in [1.29, 1.82) is 0 Å². The number of carbonyl (C=O) groups is 1. The van der Waals surface area contributed by atoms with Crippen molar-refractivity contribution >= 4 is 28.3 Å². The highest BCUT2D eigenvalue weighted by molar-refractivity contribution is 5.99. The zero-order valence-electron chi connectivity index (χ0n) is 15.6. The Morgan fingerprint density at radius 2 is 2.00 bits per heavy atom. The van der Waals surface area contributed by atoms with E-state index < -0.39 is 0 Å². The van der Waals surface area contributed by atoms with Crippen LogP contribution in [0.1, 0.15) is 37.7 Å². The van der Waals surface area contributed by atoms with Crippen molar-refractivity contribution in [2.75, 3.05) is 24.8 Å². The molecule has 2 aromatic heterocycles. The zero-order chi connectivity index (χ0) is 18.6. The van der Waals surface area contributed by atoms with Crippen LogP contribution in [0.3, 0.4) is 0 Å². The van der Waals surface area contributed by atoms with Gasteiger partial charge in [-0.3, -0.25) is 4.79 Å². The first-order valence-corrected chi connectivity index (χ1v) is 9.41. The maximum Gasteiger partial charge on any atom is 0.228 e. The molecule has 4 aliphatic carbocycles. The van der Waals surface area contributed by atoms with Gasteiger partial charge in [0.05, 0.1) is 11.2 Å². The molecule has 6 heteroatoms. The van der Waals surface area contributed by atoms with E-state index in [1.807, 2.05) is 13.1 Å². The first-order chi connectivity index (χ1) is 13.1. The van der Waals surface area contributed by atoms with Crippen LogP contribution in [0.25, 0.3) is 10.8 Å². The maximum atomic E-state index is 12.1. The molecule has 0 spiro atoms. The van der Waals surface area contributed by atoms with Gasteiger partial charge in [0.15, 0.2) is 0 Å². The van der Waals surface area contributed by atoms with Crippen LogP contribution in [-0.2, 0) is 9.53 Å². The van der Waals surface area contributed by atoms with E-state index in [0.717, 1.165) is 54.3 Å². The molecular weight excluding hydrogens is 340 g/mol. The van der Waals surface area contributed by atoms with Crippen LogP contribution < -0.4 is 10.6 Å². The average Bonchev–Trinajstić information content (AvgIpc) is 3.44. The molecule has 0 unspecified atom stereocenters. The summed E-state index contributed by atoms with van der Waals surface area (Å²) in [5.74, 6) is 8.32. The topological polar surface area (TPSA) is 76.1 Å². The Bertz CT molecular complexity index is 996. The molecule has 0 aromatic carbocycles. The summed E-state index contributed by atoms with van der Waals surface area (Å²) >= 11 is 0. The van der Waals surface area contributed by atoms with Crippen molar-refractivity contribution in [2.24, 2.45) is 11.3 Å². The highest BCUT2D eigenvalue weighted by Gasteiger charge is 2.68. The Hall–Kier alpha value is -2.65. The summed E-state index contributed by atoms with van der Waals surface area (Å²) in [7, 11) is 3.62. The molecule has 6 nitrogen and oxygen atoms in total. The third-order valence-electron chi connectivity index (χ3n) is 6.09. The number of amides is 1. The Kier molecular flexibility index (Phi) is 3.47. The number of ether oxygens (including phenoxy) is 1. The highest BCUT2D eigenvalue weighted by Crippen LogP contribution is 2.68.